The van der Waals surface area contributed by atoms with Crippen molar-refractivity contribution in [3.05, 3.63) is 45.3 Å². The first-order valence-corrected chi connectivity index (χ1v) is 7.53. The van der Waals surface area contributed by atoms with Crippen LogP contribution in [0, 0.1) is 0 Å². The van der Waals surface area contributed by atoms with Crippen LogP contribution in [0.3, 0.4) is 0 Å². The SMILES string of the molecule is CN(CC1CCCO1)C(=O)c1cc2cc(Cl)ccc2oc1=O. The van der Waals surface area contributed by atoms with E-state index in [9.17, 15) is 9.59 Å². The maximum Gasteiger partial charge on any atom is 0.349 e. The number of carbonyl (C=O) groups excluding carboxylic acids is 1. The second-order valence-electron chi connectivity index (χ2n) is 5.45. The Bertz CT molecular complexity index is 764. The van der Waals surface area contributed by atoms with Gasteiger partial charge >= 0.3 is 5.63 Å². The molecule has 1 saturated heterocycles. The fourth-order valence-electron chi connectivity index (χ4n) is 2.63. The van der Waals surface area contributed by atoms with Crippen LogP contribution in [0.4, 0.5) is 0 Å². The fraction of sp³-hybridized carbons (Fsp3) is 0.375. The topological polar surface area (TPSA) is 59.8 Å². The van der Waals surface area contributed by atoms with Crippen LogP contribution in [-0.2, 0) is 4.74 Å². The molecule has 0 N–H and O–H groups in total. The van der Waals surface area contributed by atoms with Crippen molar-refractivity contribution in [1.29, 1.82) is 0 Å². The van der Waals surface area contributed by atoms with Crippen molar-refractivity contribution in [1.82, 2.24) is 4.90 Å². The Labute approximate surface area is 132 Å². The maximum absolute atomic E-state index is 12.5. The van der Waals surface area contributed by atoms with Gasteiger partial charge in [0.2, 0.25) is 0 Å². The summed E-state index contributed by atoms with van der Waals surface area (Å²) in [5.74, 6) is -0.369. The summed E-state index contributed by atoms with van der Waals surface area (Å²) in [7, 11) is 1.66. The number of hydrogen-bond donors (Lipinski definition) is 0. The molecule has 1 atom stereocenters. The number of nitrogens with zero attached hydrogens (tertiary/aromatic N) is 1. The van der Waals surface area contributed by atoms with Gasteiger partial charge in [-0.25, -0.2) is 4.79 Å². The third kappa shape index (κ3) is 3.00. The normalized spacial score (nSPS) is 17.8. The standard InChI is InChI=1S/C16H16ClNO4/c1-18(9-12-3-2-6-21-12)15(19)13-8-10-7-11(17)4-5-14(10)22-16(13)20/h4-5,7-8,12H,2-3,6,9H2,1H3. The predicted octanol–water partition coefficient (Wildman–Crippen LogP) is 2.70. The molecule has 22 heavy (non-hydrogen) atoms. The molecule has 6 heteroatoms. The highest BCUT2D eigenvalue weighted by Gasteiger charge is 2.23. The van der Waals surface area contributed by atoms with Gasteiger partial charge in [-0.15, -0.1) is 0 Å². The van der Waals surface area contributed by atoms with Crippen LogP contribution in [0.25, 0.3) is 11.0 Å². The summed E-state index contributed by atoms with van der Waals surface area (Å²) in [5.41, 5.74) is -0.220. The zero-order valence-electron chi connectivity index (χ0n) is 12.2. The molecule has 1 fully saturated rings. The highest BCUT2D eigenvalue weighted by atomic mass is 35.5. The third-order valence-electron chi connectivity index (χ3n) is 3.77. The van der Waals surface area contributed by atoms with Crippen molar-refractivity contribution in [3.63, 3.8) is 0 Å². The van der Waals surface area contributed by atoms with E-state index >= 15 is 0 Å². The second kappa shape index (κ2) is 6.10. The molecule has 0 aliphatic carbocycles. The van der Waals surface area contributed by atoms with Gasteiger partial charge in [-0.05, 0) is 37.1 Å². The summed E-state index contributed by atoms with van der Waals surface area (Å²) < 4.78 is 10.7. The van der Waals surface area contributed by atoms with Crippen molar-refractivity contribution in [2.75, 3.05) is 20.2 Å². The Morgan fingerprint density at radius 1 is 1.41 bits per heavy atom. The van der Waals surface area contributed by atoms with E-state index in [0.29, 0.717) is 22.5 Å². The van der Waals surface area contributed by atoms with Gasteiger partial charge in [-0.1, -0.05) is 11.6 Å². The van der Waals surface area contributed by atoms with Gasteiger partial charge in [-0.3, -0.25) is 4.79 Å². The first-order chi connectivity index (χ1) is 10.5. The van der Waals surface area contributed by atoms with E-state index in [1.165, 1.54) is 11.0 Å². The molecule has 2 aromatic rings. The Balaban J connectivity index is 1.89. The molecule has 1 aromatic carbocycles. The molecule has 1 unspecified atom stereocenters. The second-order valence-corrected chi connectivity index (χ2v) is 5.89. The first-order valence-electron chi connectivity index (χ1n) is 7.15. The summed E-state index contributed by atoms with van der Waals surface area (Å²) in [4.78, 5) is 26.0. The molecule has 3 rings (SSSR count). The van der Waals surface area contributed by atoms with Gasteiger partial charge < -0.3 is 14.1 Å². The highest BCUT2D eigenvalue weighted by molar-refractivity contribution is 6.31. The van der Waals surface area contributed by atoms with E-state index < -0.39 is 5.63 Å². The number of hydrogen-bond acceptors (Lipinski definition) is 4. The summed E-state index contributed by atoms with van der Waals surface area (Å²) in [6.07, 6.45) is 1.97. The summed E-state index contributed by atoms with van der Waals surface area (Å²) in [6, 6.07) is 6.44. The van der Waals surface area contributed by atoms with E-state index in [2.05, 4.69) is 0 Å². The van der Waals surface area contributed by atoms with Crippen molar-refractivity contribution < 1.29 is 13.9 Å². The molecule has 2 heterocycles. The average molecular weight is 322 g/mol. The third-order valence-corrected chi connectivity index (χ3v) is 4.01. The van der Waals surface area contributed by atoms with Crippen LogP contribution in [0.5, 0.6) is 0 Å². The van der Waals surface area contributed by atoms with Gasteiger partial charge in [-0.2, -0.15) is 0 Å². The molecule has 0 bridgehead atoms. The van der Waals surface area contributed by atoms with Crippen molar-refractivity contribution >= 4 is 28.5 Å². The van der Waals surface area contributed by atoms with Crippen LogP contribution < -0.4 is 5.63 Å². The lowest BCUT2D eigenvalue weighted by Crippen LogP contribution is -2.36. The van der Waals surface area contributed by atoms with Crippen molar-refractivity contribution in [2.45, 2.75) is 18.9 Å². The summed E-state index contributed by atoms with van der Waals surface area (Å²) >= 11 is 5.93. The minimum Gasteiger partial charge on any atom is -0.422 e. The fourth-order valence-corrected chi connectivity index (χ4v) is 2.81. The molecule has 1 aliphatic heterocycles. The first kappa shape index (κ1) is 15.1. The Morgan fingerprint density at radius 3 is 2.95 bits per heavy atom. The smallest absolute Gasteiger partial charge is 0.349 e. The summed E-state index contributed by atoms with van der Waals surface area (Å²) in [6.45, 7) is 1.19. The Hall–Kier alpha value is -1.85. The molecule has 1 amide bonds. The van der Waals surface area contributed by atoms with E-state index in [-0.39, 0.29) is 17.6 Å². The monoisotopic (exact) mass is 321 g/mol. The van der Waals surface area contributed by atoms with Gasteiger partial charge in [0.25, 0.3) is 5.91 Å². The van der Waals surface area contributed by atoms with Crippen molar-refractivity contribution in [2.24, 2.45) is 0 Å². The molecule has 1 aliphatic rings. The molecule has 5 nitrogen and oxygen atoms in total. The Kier molecular flexibility index (Phi) is 4.18. The molecular formula is C16H16ClNO4. The quantitative estimate of drug-likeness (QED) is 0.816. The number of ether oxygens (including phenoxy) is 1. The van der Waals surface area contributed by atoms with Crippen LogP contribution in [-0.4, -0.2) is 37.1 Å². The van der Waals surface area contributed by atoms with E-state index in [1.807, 2.05) is 0 Å². The number of carbonyl (C=O) groups is 1. The van der Waals surface area contributed by atoms with E-state index in [1.54, 1.807) is 25.2 Å². The van der Waals surface area contributed by atoms with Crippen LogP contribution in [0.1, 0.15) is 23.2 Å². The predicted molar refractivity (Wildman–Crippen MR) is 83.4 cm³/mol. The largest absolute Gasteiger partial charge is 0.422 e. The average Bonchev–Trinajstić information content (AvgIpc) is 2.99. The number of amides is 1. The van der Waals surface area contributed by atoms with Gasteiger partial charge in [0, 0.05) is 30.6 Å². The Morgan fingerprint density at radius 2 is 2.23 bits per heavy atom. The molecule has 0 radical (unpaired) electrons. The minimum absolute atomic E-state index is 0.00950. The highest BCUT2D eigenvalue weighted by Crippen LogP contribution is 2.20. The molecule has 116 valence electrons. The maximum atomic E-state index is 12.5. The lowest BCUT2D eigenvalue weighted by Gasteiger charge is -2.20. The van der Waals surface area contributed by atoms with Crippen LogP contribution >= 0.6 is 11.6 Å². The number of likely N-dealkylation sites (N-methyl/N-ethyl adjacent to an activating group) is 1. The molecule has 0 spiro atoms. The minimum atomic E-state index is -0.640. The van der Waals surface area contributed by atoms with E-state index in [0.717, 1.165) is 19.4 Å². The number of rotatable bonds is 3. The zero-order chi connectivity index (χ0) is 15.7. The van der Waals surface area contributed by atoms with Gasteiger partial charge in [0.1, 0.15) is 11.1 Å². The lowest BCUT2D eigenvalue weighted by molar-refractivity contribution is 0.0584. The summed E-state index contributed by atoms with van der Waals surface area (Å²) in [5, 5.41) is 1.15. The van der Waals surface area contributed by atoms with E-state index in [4.69, 9.17) is 20.8 Å². The van der Waals surface area contributed by atoms with Crippen molar-refractivity contribution in [3.8, 4) is 0 Å². The number of halogens is 1. The van der Waals surface area contributed by atoms with Crippen LogP contribution in [0.2, 0.25) is 5.02 Å². The number of benzene rings is 1. The molecule has 1 aromatic heterocycles. The van der Waals surface area contributed by atoms with Gasteiger partial charge in [0.15, 0.2) is 0 Å². The molecular weight excluding hydrogens is 306 g/mol. The number of fused-ring (bicyclic) bond motifs is 1. The molecule has 0 saturated carbocycles. The lowest BCUT2D eigenvalue weighted by atomic mass is 10.1. The zero-order valence-corrected chi connectivity index (χ0v) is 12.9. The van der Waals surface area contributed by atoms with Crippen LogP contribution in [0.15, 0.2) is 33.5 Å². The van der Waals surface area contributed by atoms with Gasteiger partial charge in [0.05, 0.1) is 6.10 Å².